The number of hydrogen-bond donors (Lipinski definition) is 3. The van der Waals surface area contributed by atoms with Crippen LogP contribution in [0.4, 0.5) is 20.6 Å². The zero-order chi connectivity index (χ0) is 18.4. The molecule has 0 fully saturated rings. The number of amides is 3. The first-order chi connectivity index (χ1) is 12.6. The van der Waals surface area contributed by atoms with Gasteiger partial charge in [0.2, 0.25) is 0 Å². The molecule has 1 heterocycles. The van der Waals surface area contributed by atoms with Crippen molar-refractivity contribution in [1.82, 2.24) is 5.32 Å². The second-order valence-corrected chi connectivity index (χ2v) is 5.43. The van der Waals surface area contributed by atoms with Gasteiger partial charge < -0.3 is 20.4 Å². The Labute approximate surface area is 149 Å². The number of carbonyl (C=O) groups excluding carboxylic acids is 2. The molecule has 3 N–H and O–H groups in total. The molecule has 0 saturated heterocycles. The second kappa shape index (κ2) is 7.98. The van der Waals surface area contributed by atoms with Gasteiger partial charge in [0.05, 0.1) is 12.8 Å². The van der Waals surface area contributed by atoms with E-state index in [9.17, 15) is 14.0 Å². The molecule has 0 spiro atoms. The van der Waals surface area contributed by atoms with E-state index in [2.05, 4.69) is 16.0 Å². The first-order valence-corrected chi connectivity index (χ1v) is 7.84. The molecule has 0 unspecified atom stereocenters. The van der Waals surface area contributed by atoms with E-state index in [4.69, 9.17) is 4.42 Å². The summed E-state index contributed by atoms with van der Waals surface area (Å²) in [5, 5.41) is 7.99. The number of benzene rings is 2. The summed E-state index contributed by atoms with van der Waals surface area (Å²) in [5.74, 6) is -0.241. The minimum absolute atomic E-state index is 0.226. The van der Waals surface area contributed by atoms with Crippen molar-refractivity contribution in [2.24, 2.45) is 0 Å². The van der Waals surface area contributed by atoms with Crippen LogP contribution in [-0.4, -0.2) is 11.9 Å². The molecule has 26 heavy (non-hydrogen) atoms. The van der Waals surface area contributed by atoms with Crippen molar-refractivity contribution in [1.29, 1.82) is 0 Å². The first kappa shape index (κ1) is 17.2. The second-order valence-electron chi connectivity index (χ2n) is 5.43. The fraction of sp³-hybridized carbons (Fsp3) is 0.0526. The van der Waals surface area contributed by atoms with Gasteiger partial charge in [-0.2, -0.15) is 0 Å². The zero-order valence-corrected chi connectivity index (χ0v) is 13.7. The Kier molecular flexibility index (Phi) is 5.28. The highest BCUT2D eigenvalue weighted by Gasteiger charge is 2.07. The number of carbonyl (C=O) groups is 2. The van der Waals surface area contributed by atoms with Crippen LogP contribution in [0.3, 0.4) is 0 Å². The Bertz CT molecular complexity index is 893. The molecular weight excluding hydrogens is 337 g/mol. The quantitative estimate of drug-likeness (QED) is 0.648. The lowest BCUT2D eigenvalue weighted by Crippen LogP contribution is -2.27. The zero-order valence-electron chi connectivity index (χ0n) is 13.7. The van der Waals surface area contributed by atoms with Gasteiger partial charge in [-0.15, -0.1) is 0 Å². The largest absolute Gasteiger partial charge is 0.467 e. The maximum Gasteiger partial charge on any atom is 0.319 e. The normalized spacial score (nSPS) is 10.2. The topological polar surface area (TPSA) is 83.4 Å². The van der Waals surface area contributed by atoms with Gasteiger partial charge in [-0.1, -0.05) is 6.07 Å². The van der Waals surface area contributed by atoms with Crippen LogP contribution < -0.4 is 16.0 Å². The maximum atomic E-state index is 13.2. The molecule has 3 aromatic rings. The fourth-order valence-corrected chi connectivity index (χ4v) is 2.23. The lowest BCUT2D eigenvalue weighted by atomic mass is 10.2. The highest BCUT2D eigenvalue weighted by Crippen LogP contribution is 2.15. The van der Waals surface area contributed by atoms with E-state index in [0.717, 1.165) is 6.07 Å². The third-order valence-corrected chi connectivity index (χ3v) is 3.49. The monoisotopic (exact) mass is 353 g/mol. The summed E-state index contributed by atoms with van der Waals surface area (Å²) >= 11 is 0. The highest BCUT2D eigenvalue weighted by atomic mass is 19.1. The third kappa shape index (κ3) is 4.70. The van der Waals surface area contributed by atoms with Gasteiger partial charge in [-0.3, -0.25) is 4.79 Å². The first-order valence-electron chi connectivity index (χ1n) is 7.84. The number of anilines is 2. The van der Waals surface area contributed by atoms with Gasteiger partial charge in [0, 0.05) is 16.9 Å². The van der Waals surface area contributed by atoms with Gasteiger partial charge >= 0.3 is 6.03 Å². The predicted molar refractivity (Wildman–Crippen MR) is 95.4 cm³/mol. The summed E-state index contributed by atoms with van der Waals surface area (Å²) in [5.41, 5.74) is 1.32. The summed E-state index contributed by atoms with van der Waals surface area (Å²) < 4.78 is 18.3. The molecule has 0 aliphatic rings. The summed E-state index contributed by atoms with van der Waals surface area (Å²) in [4.78, 5) is 23.9. The van der Waals surface area contributed by atoms with Crippen molar-refractivity contribution in [3.63, 3.8) is 0 Å². The van der Waals surface area contributed by atoms with Crippen LogP contribution in [0.15, 0.2) is 71.3 Å². The van der Waals surface area contributed by atoms with E-state index >= 15 is 0 Å². The molecule has 0 radical (unpaired) electrons. The summed E-state index contributed by atoms with van der Waals surface area (Å²) in [6.45, 7) is 0.278. The van der Waals surface area contributed by atoms with Crippen LogP contribution in [-0.2, 0) is 6.54 Å². The van der Waals surface area contributed by atoms with Crippen LogP contribution >= 0.6 is 0 Å². The summed E-state index contributed by atoms with van der Waals surface area (Å²) in [6.07, 6.45) is 1.53. The van der Waals surface area contributed by atoms with E-state index in [1.165, 1.54) is 24.5 Å². The average Bonchev–Trinajstić information content (AvgIpc) is 3.15. The van der Waals surface area contributed by atoms with Crippen LogP contribution in [0.25, 0.3) is 0 Å². The standard InChI is InChI=1S/C19H16FN3O3/c20-14-4-1-3-13(11-14)18(24)22-15-6-8-16(9-7-15)23-19(25)21-12-17-5-2-10-26-17/h1-11H,12H2,(H,22,24)(H2,21,23,25). The molecule has 0 bridgehead atoms. The van der Waals surface area contributed by atoms with E-state index in [1.807, 2.05) is 0 Å². The SMILES string of the molecule is O=C(NCc1ccco1)Nc1ccc(NC(=O)c2cccc(F)c2)cc1. The minimum Gasteiger partial charge on any atom is -0.467 e. The molecule has 0 saturated carbocycles. The number of rotatable bonds is 5. The molecule has 132 valence electrons. The number of hydrogen-bond acceptors (Lipinski definition) is 3. The van der Waals surface area contributed by atoms with Gasteiger partial charge in [-0.25, -0.2) is 9.18 Å². The molecule has 0 aliphatic carbocycles. The van der Waals surface area contributed by atoms with Crippen molar-refractivity contribution in [2.75, 3.05) is 10.6 Å². The maximum absolute atomic E-state index is 13.2. The number of urea groups is 1. The van der Waals surface area contributed by atoms with Crippen LogP contribution in [0, 0.1) is 5.82 Å². The molecule has 7 heteroatoms. The molecule has 1 aromatic heterocycles. The lowest BCUT2D eigenvalue weighted by molar-refractivity contribution is 0.102. The van der Waals surface area contributed by atoms with Crippen LogP contribution in [0.5, 0.6) is 0 Å². The number of nitrogens with one attached hydrogen (secondary N) is 3. The Morgan fingerprint density at radius 2 is 1.65 bits per heavy atom. The molecule has 2 aromatic carbocycles. The van der Waals surface area contributed by atoms with Gasteiger partial charge in [0.15, 0.2) is 0 Å². The van der Waals surface area contributed by atoms with Gasteiger partial charge in [-0.05, 0) is 54.6 Å². The van der Waals surface area contributed by atoms with Gasteiger partial charge in [0.25, 0.3) is 5.91 Å². The summed E-state index contributed by atoms with van der Waals surface area (Å²) in [6, 6.07) is 15.1. The minimum atomic E-state index is -0.474. The van der Waals surface area contributed by atoms with Crippen molar-refractivity contribution in [2.45, 2.75) is 6.54 Å². The Morgan fingerprint density at radius 1 is 0.923 bits per heavy atom. The lowest BCUT2D eigenvalue weighted by Gasteiger charge is -2.09. The van der Waals surface area contributed by atoms with E-state index in [-0.39, 0.29) is 18.1 Å². The Balaban J connectivity index is 1.53. The Hall–Kier alpha value is -3.61. The van der Waals surface area contributed by atoms with Crippen LogP contribution in [0.1, 0.15) is 16.1 Å². The smallest absolute Gasteiger partial charge is 0.319 e. The van der Waals surface area contributed by atoms with Gasteiger partial charge in [0.1, 0.15) is 11.6 Å². The summed E-state index contributed by atoms with van der Waals surface area (Å²) in [7, 11) is 0. The average molecular weight is 353 g/mol. The number of furan rings is 1. The molecule has 3 amide bonds. The predicted octanol–water partition coefficient (Wildman–Crippen LogP) is 3.99. The van der Waals surface area contributed by atoms with Crippen molar-refractivity contribution in [3.8, 4) is 0 Å². The Morgan fingerprint density at radius 3 is 2.31 bits per heavy atom. The van der Waals surface area contributed by atoms with E-state index < -0.39 is 11.7 Å². The van der Waals surface area contributed by atoms with Crippen molar-refractivity contribution in [3.05, 3.63) is 84.1 Å². The highest BCUT2D eigenvalue weighted by molar-refractivity contribution is 6.04. The van der Waals surface area contributed by atoms with Crippen molar-refractivity contribution >= 4 is 23.3 Å². The fourth-order valence-electron chi connectivity index (χ4n) is 2.23. The van der Waals surface area contributed by atoms with E-state index in [0.29, 0.717) is 17.1 Å². The molecule has 6 nitrogen and oxygen atoms in total. The van der Waals surface area contributed by atoms with E-state index in [1.54, 1.807) is 36.4 Å². The number of halogens is 1. The molecule has 3 rings (SSSR count). The van der Waals surface area contributed by atoms with Crippen LogP contribution in [0.2, 0.25) is 0 Å². The molecule has 0 atom stereocenters. The third-order valence-electron chi connectivity index (χ3n) is 3.49. The molecular formula is C19H16FN3O3. The molecule has 0 aliphatic heterocycles. The van der Waals surface area contributed by atoms with Crippen molar-refractivity contribution < 1.29 is 18.4 Å².